The second-order valence-electron chi connectivity index (χ2n) is 8.25. The fraction of sp³-hybridized carbons (Fsp3) is 0.160. The Hall–Kier alpha value is -3.58. The predicted molar refractivity (Wildman–Crippen MR) is 130 cm³/mol. The second kappa shape index (κ2) is 9.70. The van der Waals surface area contributed by atoms with Crippen LogP contribution in [0.25, 0.3) is 0 Å². The van der Waals surface area contributed by atoms with Gasteiger partial charge in [-0.3, -0.25) is 14.9 Å². The van der Waals surface area contributed by atoms with Gasteiger partial charge in [0.2, 0.25) is 0 Å². The van der Waals surface area contributed by atoms with Crippen LogP contribution in [0.4, 0.5) is 15.8 Å². The van der Waals surface area contributed by atoms with Crippen molar-refractivity contribution in [1.29, 1.82) is 0 Å². The van der Waals surface area contributed by atoms with E-state index in [0.29, 0.717) is 16.9 Å². The molecule has 3 N–H and O–H groups in total. The summed E-state index contributed by atoms with van der Waals surface area (Å²) < 4.78 is 13.7. The number of hydrogen-bond donors (Lipinski definition) is 3. The fourth-order valence-corrected chi connectivity index (χ4v) is 3.19. The zero-order valence-corrected chi connectivity index (χ0v) is 18.8. The Morgan fingerprint density at radius 1 is 0.812 bits per heavy atom. The molecule has 0 aromatic heterocycles. The van der Waals surface area contributed by atoms with Crippen molar-refractivity contribution >= 4 is 40.5 Å². The van der Waals surface area contributed by atoms with Crippen molar-refractivity contribution in [2.75, 3.05) is 10.6 Å². The van der Waals surface area contributed by atoms with E-state index in [2.05, 4.69) is 36.7 Å². The van der Waals surface area contributed by atoms with Gasteiger partial charge in [0.1, 0.15) is 5.82 Å². The molecule has 7 heteroatoms. The molecule has 0 unspecified atom stereocenters. The van der Waals surface area contributed by atoms with Gasteiger partial charge in [-0.15, -0.1) is 0 Å². The van der Waals surface area contributed by atoms with Gasteiger partial charge < -0.3 is 10.6 Å². The summed E-state index contributed by atoms with van der Waals surface area (Å²) in [6, 6.07) is 20.0. The van der Waals surface area contributed by atoms with Crippen molar-refractivity contribution in [1.82, 2.24) is 5.32 Å². The summed E-state index contributed by atoms with van der Waals surface area (Å²) in [7, 11) is 0. The molecule has 164 valence electrons. The van der Waals surface area contributed by atoms with E-state index in [-0.39, 0.29) is 22.0 Å². The molecule has 0 aliphatic heterocycles. The van der Waals surface area contributed by atoms with Crippen molar-refractivity contribution in [3.8, 4) is 0 Å². The summed E-state index contributed by atoms with van der Waals surface area (Å²) in [5.41, 5.74) is 2.72. The zero-order chi connectivity index (χ0) is 23.3. The van der Waals surface area contributed by atoms with Crippen LogP contribution in [0.3, 0.4) is 0 Å². The maximum Gasteiger partial charge on any atom is 0.260 e. The number of carbonyl (C=O) groups is 2. The van der Waals surface area contributed by atoms with Gasteiger partial charge in [0, 0.05) is 16.9 Å². The topological polar surface area (TPSA) is 70.2 Å². The first-order valence-electron chi connectivity index (χ1n) is 10.0. The highest BCUT2D eigenvalue weighted by atomic mass is 32.1. The van der Waals surface area contributed by atoms with E-state index in [0.717, 1.165) is 5.56 Å². The van der Waals surface area contributed by atoms with Gasteiger partial charge in [0.25, 0.3) is 11.8 Å². The van der Waals surface area contributed by atoms with Crippen molar-refractivity contribution in [3.05, 3.63) is 95.3 Å². The van der Waals surface area contributed by atoms with Crippen molar-refractivity contribution in [2.24, 2.45) is 0 Å². The minimum absolute atomic E-state index is 0.00905. The van der Waals surface area contributed by atoms with E-state index in [1.165, 1.54) is 18.2 Å². The molecule has 3 aromatic carbocycles. The summed E-state index contributed by atoms with van der Waals surface area (Å²) in [5.74, 6) is -1.52. The molecule has 5 nitrogen and oxygen atoms in total. The molecule has 0 fully saturated rings. The third-order valence-corrected chi connectivity index (χ3v) is 4.94. The van der Waals surface area contributed by atoms with E-state index >= 15 is 0 Å². The average molecular weight is 450 g/mol. The molecule has 2 amide bonds. The minimum Gasteiger partial charge on any atom is -0.332 e. The number of amides is 2. The molecule has 0 aliphatic rings. The molecule has 0 spiro atoms. The lowest BCUT2D eigenvalue weighted by Gasteiger charge is -2.19. The van der Waals surface area contributed by atoms with E-state index < -0.39 is 11.7 Å². The number of anilines is 2. The summed E-state index contributed by atoms with van der Waals surface area (Å²) >= 11 is 5.15. The quantitative estimate of drug-likeness (QED) is 0.460. The van der Waals surface area contributed by atoms with Crippen LogP contribution >= 0.6 is 12.2 Å². The third kappa shape index (κ3) is 5.98. The van der Waals surface area contributed by atoms with Crippen LogP contribution < -0.4 is 16.0 Å². The normalized spacial score (nSPS) is 10.9. The highest BCUT2D eigenvalue weighted by Gasteiger charge is 2.15. The average Bonchev–Trinajstić information content (AvgIpc) is 2.73. The summed E-state index contributed by atoms with van der Waals surface area (Å²) in [6.07, 6.45) is 0. The van der Waals surface area contributed by atoms with Crippen LogP contribution in [0.2, 0.25) is 0 Å². The third-order valence-electron chi connectivity index (χ3n) is 4.74. The van der Waals surface area contributed by atoms with Gasteiger partial charge in [-0.2, -0.15) is 0 Å². The number of rotatable bonds is 4. The Balaban J connectivity index is 1.62. The number of carbonyl (C=O) groups excluding carboxylic acids is 2. The highest BCUT2D eigenvalue weighted by molar-refractivity contribution is 7.80. The standard InChI is InChI=1S/C25H24FN3O2S/c1-25(2,3)17-13-11-16(12-14-17)22(30)27-18-7-6-8-19(15-18)28-24(32)29-23(31)20-9-4-5-10-21(20)26/h4-15H,1-3H3,(H,27,30)(H2,28,29,31,32). The van der Waals surface area contributed by atoms with E-state index in [1.807, 2.05) is 12.1 Å². The first-order valence-corrected chi connectivity index (χ1v) is 10.4. The maximum atomic E-state index is 13.7. The summed E-state index contributed by atoms with van der Waals surface area (Å²) in [6.45, 7) is 6.34. The molecule has 0 radical (unpaired) electrons. The zero-order valence-electron chi connectivity index (χ0n) is 18.0. The van der Waals surface area contributed by atoms with Crippen LogP contribution in [-0.4, -0.2) is 16.9 Å². The van der Waals surface area contributed by atoms with Gasteiger partial charge in [0.05, 0.1) is 5.56 Å². The molecular weight excluding hydrogens is 425 g/mol. The summed E-state index contributed by atoms with van der Waals surface area (Å²) in [4.78, 5) is 24.8. The smallest absolute Gasteiger partial charge is 0.260 e. The molecule has 0 atom stereocenters. The Bertz CT molecular complexity index is 1150. The Morgan fingerprint density at radius 3 is 2.06 bits per heavy atom. The molecule has 3 rings (SSSR count). The van der Waals surface area contributed by atoms with E-state index in [1.54, 1.807) is 42.5 Å². The fourth-order valence-electron chi connectivity index (χ4n) is 2.98. The molecule has 0 bridgehead atoms. The monoisotopic (exact) mass is 449 g/mol. The number of hydrogen-bond acceptors (Lipinski definition) is 3. The van der Waals surface area contributed by atoms with Crippen LogP contribution in [-0.2, 0) is 5.41 Å². The number of halogens is 1. The molecular formula is C25H24FN3O2S. The van der Waals surface area contributed by atoms with Crippen LogP contribution in [0.1, 0.15) is 47.1 Å². The van der Waals surface area contributed by atoms with E-state index in [9.17, 15) is 14.0 Å². The highest BCUT2D eigenvalue weighted by Crippen LogP contribution is 2.23. The number of thiocarbonyl (C=S) groups is 1. The first kappa shape index (κ1) is 23.1. The molecule has 0 aliphatic carbocycles. The SMILES string of the molecule is CC(C)(C)c1ccc(C(=O)Nc2cccc(NC(=S)NC(=O)c3ccccc3F)c2)cc1. The minimum atomic E-state index is -0.649. The molecule has 3 aromatic rings. The van der Waals surface area contributed by atoms with Gasteiger partial charge in [-0.1, -0.05) is 51.1 Å². The maximum absolute atomic E-state index is 13.7. The molecule has 0 saturated heterocycles. The number of benzene rings is 3. The van der Waals surface area contributed by atoms with Gasteiger partial charge in [0.15, 0.2) is 5.11 Å². The molecule has 0 heterocycles. The van der Waals surface area contributed by atoms with Crippen molar-refractivity contribution in [3.63, 3.8) is 0 Å². The van der Waals surface area contributed by atoms with Crippen LogP contribution in [0.15, 0.2) is 72.8 Å². The largest absolute Gasteiger partial charge is 0.332 e. The van der Waals surface area contributed by atoms with Crippen LogP contribution in [0, 0.1) is 5.82 Å². The number of nitrogens with one attached hydrogen (secondary N) is 3. The lowest BCUT2D eigenvalue weighted by atomic mass is 9.87. The Morgan fingerprint density at radius 2 is 1.44 bits per heavy atom. The lowest BCUT2D eigenvalue weighted by Crippen LogP contribution is -2.34. The second-order valence-corrected chi connectivity index (χ2v) is 8.66. The Kier molecular flexibility index (Phi) is 7.00. The van der Waals surface area contributed by atoms with E-state index in [4.69, 9.17) is 12.2 Å². The Labute approximate surface area is 192 Å². The van der Waals surface area contributed by atoms with Crippen molar-refractivity contribution in [2.45, 2.75) is 26.2 Å². The molecule has 0 saturated carbocycles. The lowest BCUT2D eigenvalue weighted by molar-refractivity contribution is 0.0972. The van der Waals surface area contributed by atoms with Gasteiger partial charge in [-0.25, -0.2) is 4.39 Å². The van der Waals surface area contributed by atoms with Gasteiger partial charge >= 0.3 is 0 Å². The predicted octanol–water partition coefficient (Wildman–Crippen LogP) is 5.50. The first-order chi connectivity index (χ1) is 15.1. The summed E-state index contributed by atoms with van der Waals surface area (Å²) in [5, 5.41) is 8.17. The van der Waals surface area contributed by atoms with Crippen LogP contribution in [0.5, 0.6) is 0 Å². The van der Waals surface area contributed by atoms with Gasteiger partial charge in [-0.05, 0) is 65.7 Å². The van der Waals surface area contributed by atoms with Crippen molar-refractivity contribution < 1.29 is 14.0 Å². The molecule has 32 heavy (non-hydrogen) atoms.